The first-order valence-corrected chi connectivity index (χ1v) is 18.3. The number of rotatable bonds is 18. The van der Waals surface area contributed by atoms with Gasteiger partial charge in [0.25, 0.3) is 0 Å². The predicted molar refractivity (Wildman–Crippen MR) is 178 cm³/mol. The van der Waals surface area contributed by atoms with Crippen LogP contribution >= 0.6 is 0 Å². The van der Waals surface area contributed by atoms with E-state index in [0.29, 0.717) is 6.42 Å². The third kappa shape index (κ3) is 6.47. The summed E-state index contributed by atoms with van der Waals surface area (Å²) in [6.07, 6.45) is 16.3. The number of fused-ring (bicyclic) bond motifs is 5. The molecule has 9 atom stereocenters. The minimum absolute atomic E-state index is 0.0967. The number of hydrogen-bond acceptors (Lipinski definition) is 10. The van der Waals surface area contributed by atoms with E-state index in [2.05, 4.69) is 6.92 Å². The summed E-state index contributed by atoms with van der Waals surface area (Å²) in [6.45, 7) is 6.71. The predicted octanol–water partition coefficient (Wildman–Crippen LogP) is 4.68. The molecule has 0 aromatic carbocycles. The average Bonchev–Trinajstić information content (AvgIpc) is 3.50. The third-order valence-electron chi connectivity index (χ3n) is 12.1. The molecule has 0 saturated heterocycles. The Labute approximate surface area is 285 Å². The number of aliphatic hydroxyl groups excluding tert-OH is 2. The number of unbranched alkanes of at least 4 members (excludes halogenated alkanes) is 12. The van der Waals surface area contributed by atoms with E-state index in [9.17, 15) is 39.6 Å². The molecule has 48 heavy (non-hydrogen) atoms. The average molecular weight is 675 g/mol. The zero-order valence-electron chi connectivity index (χ0n) is 29.6. The van der Waals surface area contributed by atoms with Crippen LogP contribution in [0.3, 0.4) is 0 Å². The lowest BCUT2D eigenvalue weighted by molar-refractivity contribution is -0.229. The van der Waals surface area contributed by atoms with Crippen molar-refractivity contribution < 1.29 is 49.1 Å². The molecule has 10 nitrogen and oxygen atoms in total. The van der Waals surface area contributed by atoms with Crippen LogP contribution in [0, 0.1) is 29.1 Å². The Bertz CT molecular complexity index is 1290. The van der Waals surface area contributed by atoms with Gasteiger partial charge in [-0.25, -0.2) is 0 Å². The first kappa shape index (κ1) is 38.4. The summed E-state index contributed by atoms with van der Waals surface area (Å²) in [5.74, 6) is -7.60. The summed E-state index contributed by atoms with van der Waals surface area (Å²) in [5.41, 5.74) is -7.55. The SMILES string of the molecule is CCCCCCCCCCCCCCCC(=O)O[C@@H]1[C@@H](C)[C@@]2(O)[C@@H](C(=O)C(CO)=C[C@]3(O)C(=O)C(C)=C[C@@H]23)C2[C@](C)(CO)[C@@]21OC(C)=O. The number of carbonyl (C=O) groups is 4. The molecule has 0 aromatic heterocycles. The fourth-order valence-electron chi connectivity index (χ4n) is 9.42. The number of Topliss-reactive ketones (excluding diaryl/α,β-unsaturated/α-hetero) is 2. The van der Waals surface area contributed by atoms with Gasteiger partial charge in [0.15, 0.2) is 22.8 Å². The Morgan fingerprint density at radius 1 is 0.896 bits per heavy atom. The molecule has 2 saturated carbocycles. The fraction of sp³-hybridized carbons (Fsp3) is 0.789. The largest absolute Gasteiger partial charge is 0.458 e. The summed E-state index contributed by atoms with van der Waals surface area (Å²) >= 11 is 0. The quantitative estimate of drug-likeness (QED) is 0.118. The second-order valence-electron chi connectivity index (χ2n) is 15.2. The maximum atomic E-state index is 14.1. The number of esters is 2. The number of hydrogen-bond donors (Lipinski definition) is 4. The highest BCUT2D eigenvalue weighted by Crippen LogP contribution is 2.77. The van der Waals surface area contributed by atoms with Crippen molar-refractivity contribution in [1.29, 1.82) is 0 Å². The maximum absolute atomic E-state index is 14.1. The number of ketones is 2. The first-order valence-electron chi connectivity index (χ1n) is 18.3. The van der Waals surface area contributed by atoms with Crippen molar-refractivity contribution >= 4 is 23.5 Å². The lowest BCUT2D eigenvalue weighted by Gasteiger charge is -2.52. The van der Waals surface area contributed by atoms with Gasteiger partial charge in [0.05, 0.1) is 24.7 Å². The molecule has 0 amide bonds. The van der Waals surface area contributed by atoms with Crippen LogP contribution in [-0.4, -0.2) is 80.1 Å². The Kier molecular flexibility index (Phi) is 12.2. The normalized spacial score (nSPS) is 36.7. The monoisotopic (exact) mass is 674 g/mol. The summed E-state index contributed by atoms with van der Waals surface area (Å²) in [5, 5.41) is 45.4. The van der Waals surface area contributed by atoms with Gasteiger partial charge in [0.2, 0.25) is 0 Å². The van der Waals surface area contributed by atoms with E-state index in [0.717, 1.165) is 25.3 Å². The Hall–Kier alpha value is -2.40. The molecule has 0 radical (unpaired) electrons. The van der Waals surface area contributed by atoms with Gasteiger partial charge in [-0.3, -0.25) is 19.2 Å². The van der Waals surface area contributed by atoms with E-state index in [4.69, 9.17) is 9.47 Å². The number of carbonyl (C=O) groups excluding carboxylic acids is 4. The van der Waals surface area contributed by atoms with Gasteiger partial charge in [-0.2, -0.15) is 0 Å². The van der Waals surface area contributed by atoms with E-state index < -0.39 is 88.7 Å². The van der Waals surface area contributed by atoms with Gasteiger partial charge >= 0.3 is 11.9 Å². The molecule has 4 rings (SSSR count). The Balaban J connectivity index is 1.49. The molecule has 1 unspecified atom stereocenters. The molecule has 0 bridgehead atoms. The lowest BCUT2D eigenvalue weighted by atomic mass is 9.58. The molecule has 10 heteroatoms. The van der Waals surface area contributed by atoms with Crippen molar-refractivity contribution in [2.75, 3.05) is 13.2 Å². The van der Waals surface area contributed by atoms with Gasteiger partial charge < -0.3 is 29.9 Å². The second-order valence-corrected chi connectivity index (χ2v) is 15.2. The van der Waals surface area contributed by atoms with Gasteiger partial charge in [-0.1, -0.05) is 104 Å². The second kappa shape index (κ2) is 15.2. The Morgan fingerprint density at radius 2 is 1.44 bits per heavy atom. The van der Waals surface area contributed by atoms with Crippen molar-refractivity contribution in [1.82, 2.24) is 0 Å². The van der Waals surface area contributed by atoms with Crippen LogP contribution < -0.4 is 0 Å². The minimum Gasteiger partial charge on any atom is -0.458 e. The highest BCUT2D eigenvalue weighted by molar-refractivity contribution is 6.09. The fourth-order valence-corrected chi connectivity index (χ4v) is 9.42. The topological polar surface area (TPSA) is 168 Å². The van der Waals surface area contributed by atoms with Crippen LogP contribution in [0.15, 0.2) is 23.3 Å². The highest BCUT2D eigenvalue weighted by atomic mass is 16.6. The van der Waals surface area contributed by atoms with Gasteiger partial charge in [0.1, 0.15) is 6.10 Å². The molecule has 4 aliphatic rings. The van der Waals surface area contributed by atoms with Gasteiger partial charge in [-0.15, -0.1) is 0 Å². The number of aliphatic hydroxyl groups is 4. The number of ether oxygens (including phenoxy) is 2. The van der Waals surface area contributed by atoms with Crippen molar-refractivity contribution in [3.8, 4) is 0 Å². The molecule has 2 fully saturated rings. The van der Waals surface area contributed by atoms with Gasteiger partial charge in [0, 0.05) is 42.1 Å². The van der Waals surface area contributed by atoms with Gasteiger partial charge in [-0.05, 0) is 25.0 Å². The highest BCUT2D eigenvalue weighted by Gasteiger charge is 2.90. The van der Waals surface area contributed by atoms with Crippen LogP contribution in [0.5, 0.6) is 0 Å². The minimum atomic E-state index is -2.33. The van der Waals surface area contributed by atoms with Crippen molar-refractivity contribution in [2.45, 2.75) is 147 Å². The van der Waals surface area contributed by atoms with Crippen LogP contribution in [0.1, 0.15) is 125 Å². The zero-order chi connectivity index (χ0) is 35.5. The summed E-state index contributed by atoms with van der Waals surface area (Å²) in [6, 6.07) is 0. The maximum Gasteiger partial charge on any atom is 0.306 e. The third-order valence-corrected chi connectivity index (χ3v) is 12.1. The van der Waals surface area contributed by atoms with Crippen molar-refractivity contribution in [3.63, 3.8) is 0 Å². The molecule has 0 heterocycles. The van der Waals surface area contributed by atoms with Crippen LogP contribution in [0.25, 0.3) is 0 Å². The van der Waals surface area contributed by atoms with E-state index in [1.54, 1.807) is 13.8 Å². The summed E-state index contributed by atoms with van der Waals surface area (Å²) in [4.78, 5) is 53.4. The smallest absolute Gasteiger partial charge is 0.306 e. The van der Waals surface area contributed by atoms with Crippen LogP contribution in [0.2, 0.25) is 0 Å². The molecule has 4 N–H and O–H groups in total. The lowest BCUT2D eigenvalue weighted by Crippen LogP contribution is -2.67. The van der Waals surface area contributed by atoms with Crippen molar-refractivity contribution in [2.24, 2.45) is 29.1 Å². The van der Waals surface area contributed by atoms with Crippen LogP contribution in [0.4, 0.5) is 0 Å². The van der Waals surface area contributed by atoms with E-state index in [-0.39, 0.29) is 17.6 Å². The summed E-state index contributed by atoms with van der Waals surface area (Å²) < 4.78 is 12.0. The molecular weight excluding hydrogens is 616 g/mol. The molecule has 0 aromatic rings. The molecular formula is C38H58O10. The molecule has 270 valence electrons. The summed E-state index contributed by atoms with van der Waals surface area (Å²) in [7, 11) is 0. The van der Waals surface area contributed by atoms with Crippen LogP contribution in [-0.2, 0) is 28.7 Å². The Morgan fingerprint density at radius 3 is 1.94 bits per heavy atom. The molecule has 0 aliphatic heterocycles. The van der Waals surface area contributed by atoms with E-state index in [1.165, 1.54) is 77.7 Å². The molecule has 4 aliphatic carbocycles. The van der Waals surface area contributed by atoms with E-state index >= 15 is 0 Å². The standard InChI is InChI=1S/C38H58O10/c1-6-7-8-9-10-11-12-13-14-15-16-17-18-19-29(42)47-34-25(3)37(46)28-20-24(2)33(44)36(28,45)21-27(22-39)31(43)30(37)32-35(5,23-40)38(32,34)48-26(4)41/h20-21,25,28,30,32,34,39-40,45-46H,6-19,22-23H2,1-5H3/t25-,28-,30+,32?,34-,35+,36-,37+,38-/m1/s1. The first-order chi connectivity index (χ1) is 22.7. The molecule has 0 spiro atoms. The van der Waals surface area contributed by atoms with Crippen molar-refractivity contribution in [3.05, 3.63) is 23.3 Å². The zero-order valence-corrected chi connectivity index (χ0v) is 29.6. The van der Waals surface area contributed by atoms with E-state index in [1.807, 2.05) is 0 Å².